The minimum Gasteiger partial charge on any atom is -0.352 e. The van der Waals surface area contributed by atoms with E-state index in [0.717, 1.165) is 28.7 Å². The molecule has 7 heteroatoms. The molecule has 20 heavy (non-hydrogen) atoms. The predicted molar refractivity (Wildman–Crippen MR) is 80.8 cm³/mol. The largest absolute Gasteiger partial charge is 0.352 e. The van der Waals surface area contributed by atoms with Gasteiger partial charge in [-0.1, -0.05) is 17.8 Å². The Balaban J connectivity index is 1.69. The lowest BCUT2D eigenvalue weighted by atomic mass is 10.4. The molecule has 0 bridgehead atoms. The molecule has 2 heterocycles. The topological polar surface area (TPSA) is 59.8 Å². The number of carbonyl (C=O) groups excluding carboxylic acids is 1. The van der Waals surface area contributed by atoms with Gasteiger partial charge in [0, 0.05) is 13.1 Å². The van der Waals surface area contributed by atoms with E-state index in [1.54, 1.807) is 11.3 Å². The lowest BCUT2D eigenvalue weighted by Gasteiger charge is -2.10. The average Bonchev–Trinajstić information content (AvgIpc) is 2.94. The first-order valence-electron chi connectivity index (χ1n) is 6.55. The van der Waals surface area contributed by atoms with E-state index >= 15 is 0 Å². The number of thioether (sulfide) groups is 1. The molecule has 1 saturated carbocycles. The van der Waals surface area contributed by atoms with Crippen LogP contribution in [0.3, 0.4) is 0 Å². The van der Waals surface area contributed by atoms with Gasteiger partial charge in [0.05, 0.1) is 10.1 Å². The van der Waals surface area contributed by atoms with Crippen molar-refractivity contribution >= 4 is 29.0 Å². The van der Waals surface area contributed by atoms with Crippen molar-refractivity contribution in [2.45, 2.75) is 36.2 Å². The van der Waals surface area contributed by atoms with Crippen LogP contribution in [-0.4, -0.2) is 32.0 Å². The van der Waals surface area contributed by atoms with Crippen LogP contribution in [0.1, 0.15) is 19.8 Å². The Kier molecular flexibility index (Phi) is 3.80. The zero-order valence-electron chi connectivity index (χ0n) is 11.4. The van der Waals surface area contributed by atoms with E-state index in [-0.39, 0.29) is 11.2 Å². The third kappa shape index (κ3) is 2.88. The molecule has 1 unspecified atom stereocenters. The first kappa shape index (κ1) is 13.6. The van der Waals surface area contributed by atoms with Crippen molar-refractivity contribution in [3.05, 3.63) is 17.5 Å². The molecule has 1 fully saturated rings. The molecule has 1 atom stereocenters. The molecule has 2 aromatic heterocycles. The van der Waals surface area contributed by atoms with Gasteiger partial charge in [0.2, 0.25) is 5.91 Å². The van der Waals surface area contributed by atoms with Gasteiger partial charge < -0.3 is 9.88 Å². The highest BCUT2D eigenvalue weighted by Gasteiger charge is 2.27. The SMILES string of the molecule is CC(Sc1nnc(-c2cccs2)n1C)C(=O)NC1CC1. The van der Waals surface area contributed by atoms with Crippen LogP contribution in [0, 0.1) is 0 Å². The highest BCUT2D eigenvalue weighted by atomic mass is 32.2. The standard InChI is InChI=1S/C13H16N4OS2/c1-8(12(18)14-9-5-6-9)20-13-16-15-11(17(13)2)10-4-3-7-19-10/h3-4,7-9H,5-6H2,1-2H3,(H,14,18). The molecule has 0 saturated heterocycles. The number of hydrogen-bond acceptors (Lipinski definition) is 5. The number of aromatic nitrogens is 3. The molecule has 1 N–H and O–H groups in total. The summed E-state index contributed by atoms with van der Waals surface area (Å²) < 4.78 is 1.94. The first-order chi connectivity index (χ1) is 9.65. The van der Waals surface area contributed by atoms with Crippen LogP contribution in [0.2, 0.25) is 0 Å². The monoisotopic (exact) mass is 308 g/mol. The lowest BCUT2D eigenvalue weighted by Crippen LogP contribution is -2.32. The number of thiophene rings is 1. The van der Waals surface area contributed by atoms with E-state index in [2.05, 4.69) is 15.5 Å². The van der Waals surface area contributed by atoms with Crippen molar-refractivity contribution in [1.29, 1.82) is 0 Å². The summed E-state index contributed by atoms with van der Waals surface area (Å²) in [5.41, 5.74) is 0. The Bertz CT molecular complexity index is 604. The van der Waals surface area contributed by atoms with Gasteiger partial charge in [0.1, 0.15) is 0 Å². The number of hydrogen-bond donors (Lipinski definition) is 1. The van der Waals surface area contributed by atoms with Crippen LogP contribution in [0.4, 0.5) is 0 Å². The molecule has 1 amide bonds. The quantitative estimate of drug-likeness (QED) is 0.861. The number of nitrogens with zero attached hydrogens (tertiary/aromatic N) is 3. The smallest absolute Gasteiger partial charge is 0.233 e. The zero-order valence-corrected chi connectivity index (χ0v) is 13.0. The highest BCUT2D eigenvalue weighted by Crippen LogP contribution is 2.28. The summed E-state index contributed by atoms with van der Waals surface area (Å²) in [7, 11) is 1.93. The molecule has 0 aromatic carbocycles. The summed E-state index contributed by atoms with van der Waals surface area (Å²) >= 11 is 3.08. The van der Waals surface area contributed by atoms with Gasteiger partial charge in [-0.3, -0.25) is 4.79 Å². The molecule has 106 valence electrons. The molecule has 1 aliphatic rings. The molecular weight excluding hydrogens is 292 g/mol. The van der Waals surface area contributed by atoms with Crippen LogP contribution < -0.4 is 5.32 Å². The summed E-state index contributed by atoms with van der Waals surface area (Å²) in [6, 6.07) is 4.41. The van der Waals surface area contributed by atoms with E-state index in [1.807, 2.05) is 36.1 Å². The Morgan fingerprint density at radius 2 is 2.35 bits per heavy atom. The van der Waals surface area contributed by atoms with Crippen LogP contribution in [0.25, 0.3) is 10.7 Å². The van der Waals surface area contributed by atoms with Crippen LogP contribution in [-0.2, 0) is 11.8 Å². The van der Waals surface area contributed by atoms with Crippen LogP contribution in [0.5, 0.6) is 0 Å². The molecule has 2 aromatic rings. The van der Waals surface area contributed by atoms with E-state index in [1.165, 1.54) is 11.8 Å². The molecular formula is C13H16N4OS2. The number of carbonyl (C=O) groups is 1. The Hall–Kier alpha value is -1.34. The highest BCUT2D eigenvalue weighted by molar-refractivity contribution is 8.00. The van der Waals surface area contributed by atoms with E-state index < -0.39 is 0 Å². The Morgan fingerprint density at radius 3 is 3.00 bits per heavy atom. The summed E-state index contributed by atoms with van der Waals surface area (Å²) in [6.45, 7) is 1.90. The van der Waals surface area contributed by atoms with E-state index in [4.69, 9.17) is 0 Å². The maximum absolute atomic E-state index is 12.0. The second kappa shape index (κ2) is 5.57. The second-order valence-corrected chi connectivity index (χ2v) is 7.14. The van der Waals surface area contributed by atoms with E-state index in [9.17, 15) is 4.79 Å². The third-order valence-electron chi connectivity index (χ3n) is 3.15. The van der Waals surface area contributed by atoms with Gasteiger partial charge in [-0.2, -0.15) is 0 Å². The molecule has 1 aliphatic carbocycles. The van der Waals surface area contributed by atoms with Gasteiger partial charge in [-0.15, -0.1) is 21.5 Å². The lowest BCUT2D eigenvalue weighted by molar-refractivity contribution is -0.120. The number of nitrogens with one attached hydrogen (secondary N) is 1. The summed E-state index contributed by atoms with van der Waals surface area (Å²) in [6.07, 6.45) is 2.21. The Morgan fingerprint density at radius 1 is 1.55 bits per heavy atom. The minimum atomic E-state index is -0.158. The minimum absolute atomic E-state index is 0.0816. The second-order valence-electron chi connectivity index (χ2n) is 4.89. The van der Waals surface area contributed by atoms with Gasteiger partial charge in [-0.25, -0.2) is 0 Å². The van der Waals surface area contributed by atoms with Gasteiger partial charge in [-0.05, 0) is 31.2 Å². The molecule has 3 rings (SSSR count). The molecule has 0 radical (unpaired) electrons. The first-order valence-corrected chi connectivity index (χ1v) is 8.31. The van der Waals surface area contributed by atoms with Gasteiger partial charge >= 0.3 is 0 Å². The van der Waals surface area contributed by atoms with Crippen molar-refractivity contribution in [3.8, 4) is 10.7 Å². The normalized spacial score (nSPS) is 16.1. The fraction of sp³-hybridized carbons (Fsp3) is 0.462. The zero-order chi connectivity index (χ0) is 14.1. The fourth-order valence-corrected chi connectivity index (χ4v) is 3.36. The van der Waals surface area contributed by atoms with Crippen molar-refractivity contribution in [3.63, 3.8) is 0 Å². The maximum atomic E-state index is 12.0. The van der Waals surface area contributed by atoms with Crippen molar-refractivity contribution < 1.29 is 4.79 Å². The van der Waals surface area contributed by atoms with Crippen LogP contribution in [0.15, 0.2) is 22.7 Å². The van der Waals surface area contributed by atoms with Gasteiger partial charge in [0.25, 0.3) is 0 Å². The van der Waals surface area contributed by atoms with E-state index in [0.29, 0.717) is 6.04 Å². The van der Waals surface area contributed by atoms with Crippen molar-refractivity contribution in [2.24, 2.45) is 7.05 Å². The summed E-state index contributed by atoms with van der Waals surface area (Å²) in [5, 5.41) is 14.0. The molecule has 5 nitrogen and oxygen atoms in total. The average molecular weight is 308 g/mol. The van der Waals surface area contributed by atoms with Crippen molar-refractivity contribution in [1.82, 2.24) is 20.1 Å². The van der Waals surface area contributed by atoms with Crippen LogP contribution >= 0.6 is 23.1 Å². The third-order valence-corrected chi connectivity index (χ3v) is 5.15. The summed E-state index contributed by atoms with van der Waals surface area (Å²) in [4.78, 5) is 13.0. The number of amides is 1. The Labute approximate surface area is 125 Å². The van der Waals surface area contributed by atoms with Crippen molar-refractivity contribution in [2.75, 3.05) is 0 Å². The molecule has 0 spiro atoms. The van der Waals surface area contributed by atoms with Gasteiger partial charge in [0.15, 0.2) is 11.0 Å². The summed E-state index contributed by atoms with van der Waals surface area (Å²) in [5.74, 6) is 0.926. The number of rotatable bonds is 5. The fourth-order valence-electron chi connectivity index (χ4n) is 1.80. The maximum Gasteiger partial charge on any atom is 0.233 e. The predicted octanol–water partition coefficient (Wildman–Crippen LogP) is 2.30. The molecule has 0 aliphatic heterocycles.